The first-order chi connectivity index (χ1) is 14.8. The van der Waals surface area contributed by atoms with E-state index in [9.17, 15) is 0 Å². The first kappa shape index (κ1) is 21.6. The van der Waals surface area contributed by atoms with Gasteiger partial charge in [0.05, 0.1) is 13.5 Å². The standard InChI is InChI=1S/C30H34Si/c1-29(2,3)31(4,5)28-22-21-27(23-28)30(24-15-9-6-10-16-24,25-17-11-7-12-18-25)26-19-13-8-14-20-26/h6-23,28H,1-5H3. The second-order valence-corrected chi connectivity index (χ2v) is 15.9. The molecule has 4 rings (SSSR count). The number of rotatable bonds is 5. The SMILES string of the molecule is CC(C)(C)[Si](C)(C)C1C=CC(C(c2ccccc2)(c2ccccc2)c2ccccc2)=C1. The van der Waals surface area contributed by atoms with Crippen molar-refractivity contribution in [1.29, 1.82) is 0 Å². The van der Waals surface area contributed by atoms with Crippen molar-refractivity contribution in [3.05, 3.63) is 131 Å². The molecule has 0 aromatic heterocycles. The molecule has 0 saturated heterocycles. The summed E-state index contributed by atoms with van der Waals surface area (Å²) >= 11 is 0. The number of hydrogen-bond acceptors (Lipinski definition) is 0. The Labute approximate surface area is 189 Å². The Morgan fingerprint density at radius 1 is 0.613 bits per heavy atom. The van der Waals surface area contributed by atoms with Crippen LogP contribution < -0.4 is 0 Å². The van der Waals surface area contributed by atoms with Gasteiger partial charge in [-0.3, -0.25) is 0 Å². The van der Waals surface area contributed by atoms with Crippen molar-refractivity contribution in [1.82, 2.24) is 0 Å². The molecule has 0 N–H and O–H groups in total. The average molecular weight is 423 g/mol. The van der Waals surface area contributed by atoms with E-state index in [-0.39, 0.29) is 5.41 Å². The molecule has 0 heterocycles. The molecular formula is C30H34Si. The second-order valence-electron chi connectivity index (χ2n) is 10.3. The molecule has 3 aromatic rings. The fourth-order valence-electron chi connectivity index (χ4n) is 4.78. The van der Waals surface area contributed by atoms with Gasteiger partial charge in [-0.2, -0.15) is 0 Å². The molecule has 1 unspecified atom stereocenters. The van der Waals surface area contributed by atoms with Gasteiger partial charge < -0.3 is 0 Å². The van der Waals surface area contributed by atoms with E-state index >= 15 is 0 Å². The van der Waals surface area contributed by atoms with Crippen LogP contribution in [0.2, 0.25) is 23.7 Å². The van der Waals surface area contributed by atoms with Crippen molar-refractivity contribution in [2.45, 2.75) is 49.9 Å². The number of hydrogen-bond donors (Lipinski definition) is 0. The van der Waals surface area contributed by atoms with Crippen molar-refractivity contribution in [3.8, 4) is 0 Å². The molecule has 158 valence electrons. The van der Waals surface area contributed by atoms with Crippen molar-refractivity contribution < 1.29 is 0 Å². The molecule has 0 bridgehead atoms. The van der Waals surface area contributed by atoms with Gasteiger partial charge in [-0.15, -0.1) is 0 Å². The molecule has 1 atom stereocenters. The summed E-state index contributed by atoms with van der Waals surface area (Å²) in [4.78, 5) is 0. The molecule has 1 aliphatic carbocycles. The molecule has 1 heteroatoms. The Balaban J connectivity index is 2.01. The van der Waals surface area contributed by atoms with Gasteiger partial charge in [-0.25, -0.2) is 0 Å². The average Bonchev–Trinajstić information content (AvgIpc) is 3.27. The van der Waals surface area contributed by atoms with Crippen LogP contribution in [0.5, 0.6) is 0 Å². The van der Waals surface area contributed by atoms with E-state index in [0.717, 1.165) is 0 Å². The lowest BCUT2D eigenvalue weighted by Gasteiger charge is -2.41. The molecule has 1 aliphatic rings. The maximum Gasteiger partial charge on any atom is 0.0698 e. The second kappa shape index (κ2) is 8.13. The third-order valence-corrected chi connectivity index (χ3v) is 13.6. The minimum atomic E-state index is -1.56. The highest BCUT2D eigenvalue weighted by Gasteiger charge is 2.45. The molecule has 3 aromatic carbocycles. The third kappa shape index (κ3) is 3.66. The van der Waals surface area contributed by atoms with Crippen LogP contribution in [0.4, 0.5) is 0 Å². The van der Waals surface area contributed by atoms with Crippen molar-refractivity contribution >= 4 is 8.07 Å². The van der Waals surface area contributed by atoms with Gasteiger partial charge in [0, 0.05) is 0 Å². The number of allylic oxidation sites excluding steroid dienone is 4. The van der Waals surface area contributed by atoms with Crippen LogP contribution in [-0.2, 0) is 5.41 Å². The zero-order chi connectivity index (χ0) is 22.1. The van der Waals surface area contributed by atoms with Crippen molar-refractivity contribution in [2.24, 2.45) is 0 Å². The fourth-order valence-corrected chi connectivity index (χ4v) is 6.95. The summed E-state index contributed by atoms with van der Waals surface area (Å²) in [5.41, 5.74) is 5.55. The predicted octanol–water partition coefficient (Wildman–Crippen LogP) is 8.40. The van der Waals surface area contributed by atoms with Gasteiger partial charge in [0.15, 0.2) is 0 Å². The van der Waals surface area contributed by atoms with E-state index in [1.54, 1.807) is 0 Å². The van der Waals surface area contributed by atoms with Crippen LogP contribution in [-0.4, -0.2) is 8.07 Å². The Bertz CT molecular complexity index is 971. The van der Waals surface area contributed by atoms with Crippen LogP contribution in [0.15, 0.2) is 115 Å². The zero-order valence-corrected chi connectivity index (χ0v) is 20.5. The molecule has 0 amide bonds. The summed E-state index contributed by atoms with van der Waals surface area (Å²) in [7, 11) is -1.56. The van der Waals surface area contributed by atoms with E-state index in [2.05, 4.69) is 143 Å². The topological polar surface area (TPSA) is 0 Å². The summed E-state index contributed by atoms with van der Waals surface area (Å²) in [6.07, 6.45) is 7.49. The predicted molar refractivity (Wildman–Crippen MR) is 137 cm³/mol. The number of benzene rings is 3. The van der Waals surface area contributed by atoms with E-state index < -0.39 is 8.07 Å². The van der Waals surface area contributed by atoms with Crippen LogP contribution in [0, 0.1) is 0 Å². The third-order valence-electron chi connectivity index (χ3n) is 7.66. The normalized spacial score (nSPS) is 16.9. The molecule has 0 fully saturated rings. The highest BCUT2D eigenvalue weighted by molar-refractivity contribution is 6.82. The summed E-state index contributed by atoms with van der Waals surface area (Å²) in [5.74, 6) is 0. The minimum absolute atomic E-state index is 0.322. The van der Waals surface area contributed by atoms with Crippen molar-refractivity contribution in [3.63, 3.8) is 0 Å². The van der Waals surface area contributed by atoms with Gasteiger partial charge in [-0.1, -0.05) is 143 Å². The van der Waals surface area contributed by atoms with E-state index in [4.69, 9.17) is 0 Å². The summed E-state index contributed by atoms with van der Waals surface area (Å²) < 4.78 is 0. The maximum absolute atomic E-state index is 2.59. The Hall–Kier alpha value is -2.64. The summed E-state index contributed by atoms with van der Waals surface area (Å²) in [6.45, 7) is 12.3. The Morgan fingerprint density at radius 3 is 1.35 bits per heavy atom. The van der Waals surface area contributed by atoms with Crippen LogP contribution >= 0.6 is 0 Å². The van der Waals surface area contributed by atoms with Gasteiger partial charge in [0.1, 0.15) is 0 Å². The molecular weight excluding hydrogens is 388 g/mol. The first-order valence-corrected chi connectivity index (χ1v) is 14.4. The van der Waals surface area contributed by atoms with Gasteiger partial charge >= 0.3 is 0 Å². The zero-order valence-electron chi connectivity index (χ0n) is 19.5. The lowest BCUT2D eigenvalue weighted by atomic mass is 9.65. The maximum atomic E-state index is 2.59. The summed E-state index contributed by atoms with van der Waals surface area (Å²) in [5, 5.41) is 0.336. The highest BCUT2D eigenvalue weighted by atomic mass is 28.3. The molecule has 0 spiro atoms. The largest absolute Gasteiger partial charge is 0.0800 e. The van der Waals surface area contributed by atoms with Crippen LogP contribution in [0.25, 0.3) is 0 Å². The van der Waals surface area contributed by atoms with E-state index in [1.165, 1.54) is 22.3 Å². The highest BCUT2D eigenvalue weighted by Crippen LogP contribution is 2.52. The van der Waals surface area contributed by atoms with E-state index in [0.29, 0.717) is 10.6 Å². The smallest absolute Gasteiger partial charge is 0.0698 e. The van der Waals surface area contributed by atoms with E-state index in [1.807, 2.05) is 0 Å². The summed E-state index contributed by atoms with van der Waals surface area (Å²) in [6, 6.07) is 33.1. The molecule has 31 heavy (non-hydrogen) atoms. The van der Waals surface area contributed by atoms with Gasteiger partial charge in [0.25, 0.3) is 0 Å². The molecule has 0 nitrogen and oxygen atoms in total. The van der Waals surface area contributed by atoms with Crippen LogP contribution in [0.3, 0.4) is 0 Å². The van der Waals surface area contributed by atoms with Crippen LogP contribution in [0.1, 0.15) is 37.5 Å². The molecule has 0 radical (unpaired) electrons. The van der Waals surface area contributed by atoms with Gasteiger partial charge in [-0.05, 0) is 32.8 Å². The fraction of sp³-hybridized carbons (Fsp3) is 0.267. The monoisotopic (exact) mass is 422 g/mol. The quantitative estimate of drug-likeness (QED) is 0.286. The molecule has 0 saturated carbocycles. The first-order valence-electron chi connectivity index (χ1n) is 11.3. The Morgan fingerprint density at radius 2 is 1.00 bits per heavy atom. The van der Waals surface area contributed by atoms with Crippen molar-refractivity contribution in [2.75, 3.05) is 0 Å². The lowest BCUT2D eigenvalue weighted by molar-refractivity contribution is 0.709. The lowest BCUT2D eigenvalue weighted by Crippen LogP contribution is -2.40. The molecule has 0 aliphatic heterocycles. The van der Waals surface area contributed by atoms with Gasteiger partial charge in [0.2, 0.25) is 0 Å². The minimum Gasteiger partial charge on any atom is -0.0800 e. The Kier molecular flexibility index (Phi) is 5.66.